The van der Waals surface area contributed by atoms with Gasteiger partial charge >= 0.3 is 0 Å². The maximum Gasteiger partial charge on any atom is 0.251 e. The van der Waals surface area contributed by atoms with Crippen LogP contribution in [0.15, 0.2) is 59.3 Å². The summed E-state index contributed by atoms with van der Waals surface area (Å²) in [6.45, 7) is 3.13. The number of hydrogen-bond donors (Lipinski definition) is 2. The lowest BCUT2D eigenvalue weighted by Crippen LogP contribution is -2.38. The van der Waals surface area contributed by atoms with Gasteiger partial charge in [-0.2, -0.15) is 0 Å². The predicted molar refractivity (Wildman–Crippen MR) is 121 cm³/mol. The van der Waals surface area contributed by atoms with E-state index >= 15 is 0 Å². The van der Waals surface area contributed by atoms with E-state index in [1.165, 1.54) is 12.1 Å². The Hall–Kier alpha value is -3.78. The lowest BCUT2D eigenvalue weighted by molar-refractivity contribution is 0.0696. The van der Waals surface area contributed by atoms with Crippen LogP contribution >= 0.6 is 0 Å². The summed E-state index contributed by atoms with van der Waals surface area (Å²) >= 11 is 0. The van der Waals surface area contributed by atoms with Crippen molar-refractivity contribution in [2.75, 3.05) is 13.2 Å². The summed E-state index contributed by atoms with van der Waals surface area (Å²) in [5.74, 6) is 0.727. The number of halogens is 1. The van der Waals surface area contributed by atoms with Gasteiger partial charge in [-0.1, -0.05) is 29.4 Å². The zero-order valence-electron chi connectivity index (χ0n) is 18.1. The molecule has 1 amide bonds. The molecule has 1 saturated heterocycles. The van der Waals surface area contributed by atoms with Crippen molar-refractivity contribution in [1.82, 2.24) is 20.4 Å². The predicted octanol–water partition coefficient (Wildman–Crippen LogP) is 4.76. The molecule has 1 fully saturated rings. The van der Waals surface area contributed by atoms with Crippen LogP contribution < -0.4 is 5.32 Å². The first kappa shape index (κ1) is 21.1. The van der Waals surface area contributed by atoms with Crippen molar-refractivity contribution in [3.8, 4) is 33.9 Å². The molecule has 7 nitrogen and oxygen atoms in total. The number of ether oxygens (including phenoxy) is 1. The number of H-pyrrole nitrogens is 1. The topological polar surface area (TPSA) is 93.0 Å². The van der Waals surface area contributed by atoms with Gasteiger partial charge in [-0.25, -0.2) is 9.37 Å². The number of benzene rings is 2. The Balaban J connectivity index is 1.42. The zero-order chi connectivity index (χ0) is 22.8. The number of carbonyl (C=O) groups excluding carboxylic acids is 1. The third-order valence-corrected chi connectivity index (χ3v) is 5.75. The number of carbonyl (C=O) groups is 1. The fraction of sp³-hybridized carbons (Fsp3) is 0.240. The van der Waals surface area contributed by atoms with Gasteiger partial charge in [0.05, 0.1) is 11.3 Å². The minimum absolute atomic E-state index is 0.112. The van der Waals surface area contributed by atoms with E-state index in [9.17, 15) is 9.18 Å². The Bertz CT molecular complexity index is 1290. The standard InChI is InChI=1S/C25H23FN4O3/c1-15-22(23(30-33-15)16-4-3-7-19(26)13-16)21-14-27-24(29-21)17-5-2-6-18(12-17)25(31)28-20-8-10-32-11-9-20/h2-7,12-14,20H,8-11H2,1H3,(H,27,29)(H,28,31). The molecule has 1 aliphatic heterocycles. The van der Waals surface area contributed by atoms with Crippen LogP contribution in [-0.2, 0) is 4.74 Å². The molecule has 0 radical (unpaired) electrons. The van der Waals surface area contributed by atoms with Crippen molar-refractivity contribution in [1.29, 1.82) is 0 Å². The smallest absolute Gasteiger partial charge is 0.251 e. The van der Waals surface area contributed by atoms with E-state index in [0.29, 0.717) is 52.9 Å². The fourth-order valence-corrected chi connectivity index (χ4v) is 4.02. The number of amides is 1. The van der Waals surface area contributed by atoms with E-state index in [4.69, 9.17) is 14.2 Å². The number of aryl methyl sites for hydroxylation is 1. The zero-order valence-corrected chi connectivity index (χ0v) is 18.1. The minimum Gasteiger partial charge on any atom is -0.381 e. The molecular formula is C25H23FN4O3. The number of aromatic amines is 1. The highest BCUT2D eigenvalue weighted by atomic mass is 19.1. The Morgan fingerprint density at radius 1 is 1.12 bits per heavy atom. The van der Waals surface area contributed by atoms with Crippen LogP contribution in [0.5, 0.6) is 0 Å². The second kappa shape index (κ2) is 8.99. The van der Waals surface area contributed by atoms with Crippen molar-refractivity contribution in [2.24, 2.45) is 0 Å². The van der Waals surface area contributed by atoms with Crippen LogP contribution in [0.1, 0.15) is 29.0 Å². The molecule has 2 aromatic heterocycles. The number of hydrogen-bond acceptors (Lipinski definition) is 5. The largest absolute Gasteiger partial charge is 0.381 e. The molecule has 2 N–H and O–H groups in total. The molecule has 0 unspecified atom stereocenters. The van der Waals surface area contributed by atoms with Crippen molar-refractivity contribution < 1.29 is 18.4 Å². The number of rotatable bonds is 5. The second-order valence-electron chi connectivity index (χ2n) is 8.05. The summed E-state index contributed by atoms with van der Waals surface area (Å²) in [6, 6.07) is 13.6. The fourth-order valence-electron chi connectivity index (χ4n) is 4.02. The Morgan fingerprint density at radius 3 is 2.73 bits per heavy atom. The molecular weight excluding hydrogens is 423 g/mol. The third-order valence-electron chi connectivity index (χ3n) is 5.75. The Kier molecular flexibility index (Phi) is 5.75. The molecule has 0 aliphatic carbocycles. The summed E-state index contributed by atoms with van der Waals surface area (Å²) in [5.41, 5.74) is 3.80. The lowest BCUT2D eigenvalue weighted by Gasteiger charge is -2.23. The van der Waals surface area contributed by atoms with Gasteiger partial charge in [0.2, 0.25) is 0 Å². The SMILES string of the molecule is Cc1onc(-c2cccc(F)c2)c1-c1c[nH]c(-c2cccc(C(=O)NC3CCOCC3)c2)n1. The third kappa shape index (κ3) is 4.42. The van der Waals surface area contributed by atoms with Gasteiger partial charge in [0, 0.05) is 42.1 Å². The summed E-state index contributed by atoms with van der Waals surface area (Å²) in [5, 5.41) is 7.20. The minimum atomic E-state index is -0.349. The van der Waals surface area contributed by atoms with E-state index in [1.807, 2.05) is 18.2 Å². The molecule has 168 valence electrons. The monoisotopic (exact) mass is 446 g/mol. The van der Waals surface area contributed by atoms with Gasteiger partial charge in [-0.05, 0) is 44.0 Å². The lowest BCUT2D eigenvalue weighted by atomic mass is 10.0. The maximum atomic E-state index is 13.8. The number of aromatic nitrogens is 3. The van der Waals surface area contributed by atoms with Crippen molar-refractivity contribution in [2.45, 2.75) is 25.8 Å². The summed E-state index contributed by atoms with van der Waals surface area (Å²) < 4.78 is 24.5. The molecule has 0 bridgehead atoms. The molecule has 0 saturated carbocycles. The van der Waals surface area contributed by atoms with Crippen molar-refractivity contribution in [3.63, 3.8) is 0 Å². The van der Waals surface area contributed by atoms with Gasteiger partial charge in [0.25, 0.3) is 5.91 Å². The Labute approximate surface area is 190 Å². The number of nitrogens with zero attached hydrogens (tertiary/aromatic N) is 2. The van der Waals surface area contributed by atoms with Crippen LogP contribution in [0.3, 0.4) is 0 Å². The summed E-state index contributed by atoms with van der Waals surface area (Å²) in [4.78, 5) is 20.6. The van der Waals surface area contributed by atoms with E-state index in [2.05, 4.69) is 15.5 Å². The average Bonchev–Trinajstić information content (AvgIpc) is 3.46. The van der Waals surface area contributed by atoms with Crippen LogP contribution in [-0.4, -0.2) is 40.3 Å². The molecule has 1 aliphatic rings. The van der Waals surface area contributed by atoms with Gasteiger partial charge in [-0.15, -0.1) is 0 Å². The highest BCUT2D eigenvalue weighted by molar-refractivity contribution is 5.95. The van der Waals surface area contributed by atoms with Crippen LogP contribution in [0.2, 0.25) is 0 Å². The molecule has 8 heteroatoms. The summed E-state index contributed by atoms with van der Waals surface area (Å²) in [7, 11) is 0. The van der Waals surface area contributed by atoms with Crippen LogP contribution in [0, 0.1) is 12.7 Å². The molecule has 2 aromatic carbocycles. The molecule has 5 rings (SSSR count). The van der Waals surface area contributed by atoms with E-state index in [0.717, 1.165) is 18.4 Å². The number of imidazole rings is 1. The van der Waals surface area contributed by atoms with E-state index < -0.39 is 0 Å². The first-order valence-electron chi connectivity index (χ1n) is 10.9. The van der Waals surface area contributed by atoms with E-state index in [1.54, 1.807) is 31.3 Å². The molecule has 4 aromatic rings. The summed E-state index contributed by atoms with van der Waals surface area (Å²) in [6.07, 6.45) is 3.39. The number of nitrogens with one attached hydrogen (secondary N) is 2. The first-order valence-corrected chi connectivity index (χ1v) is 10.9. The molecule has 0 spiro atoms. The Morgan fingerprint density at radius 2 is 1.91 bits per heavy atom. The second-order valence-corrected chi connectivity index (χ2v) is 8.05. The molecule has 33 heavy (non-hydrogen) atoms. The van der Waals surface area contributed by atoms with Crippen LogP contribution in [0.4, 0.5) is 4.39 Å². The normalized spacial score (nSPS) is 14.4. The first-order chi connectivity index (χ1) is 16.1. The van der Waals surface area contributed by atoms with Crippen LogP contribution in [0.25, 0.3) is 33.9 Å². The molecule has 0 atom stereocenters. The quantitative estimate of drug-likeness (QED) is 0.461. The highest BCUT2D eigenvalue weighted by Crippen LogP contribution is 2.34. The maximum absolute atomic E-state index is 13.8. The average molecular weight is 446 g/mol. The van der Waals surface area contributed by atoms with Crippen molar-refractivity contribution >= 4 is 5.91 Å². The highest BCUT2D eigenvalue weighted by Gasteiger charge is 2.21. The van der Waals surface area contributed by atoms with Gasteiger partial charge in [0.1, 0.15) is 23.1 Å². The van der Waals surface area contributed by atoms with E-state index in [-0.39, 0.29) is 17.8 Å². The van der Waals surface area contributed by atoms with Crippen molar-refractivity contribution in [3.05, 3.63) is 71.9 Å². The van der Waals surface area contributed by atoms with Gasteiger partial charge in [0.15, 0.2) is 0 Å². The van der Waals surface area contributed by atoms with Gasteiger partial charge in [-0.3, -0.25) is 4.79 Å². The molecule has 3 heterocycles. The van der Waals surface area contributed by atoms with Gasteiger partial charge < -0.3 is 19.6 Å².